The first kappa shape index (κ1) is 20.7. The molecule has 1 N–H and O–H groups in total. The van der Waals surface area contributed by atoms with Crippen LogP contribution in [-0.4, -0.2) is 66.8 Å². The number of aromatic nitrogens is 2. The van der Waals surface area contributed by atoms with Gasteiger partial charge in [0, 0.05) is 57.7 Å². The molecule has 0 unspecified atom stereocenters. The van der Waals surface area contributed by atoms with Crippen LogP contribution >= 0.6 is 0 Å². The van der Waals surface area contributed by atoms with Crippen LogP contribution in [0, 0.1) is 0 Å². The molecule has 10 heteroatoms. The maximum atomic E-state index is 12.5. The Kier molecular flexibility index (Phi) is 6.73. The van der Waals surface area contributed by atoms with E-state index in [1.165, 1.54) is 6.07 Å². The molecule has 1 aromatic heterocycles. The standard InChI is InChI=1S/C19H23F3N6O/c1-23-17(27-9-11-28(12-10-27)18-24-7-4-8-25-18)26-13-15-5-2-3-6-16(15)29-14-19(20,21)22/h2-8H,9-14H2,1H3,(H,23,26). The average Bonchev–Trinajstić information content (AvgIpc) is 2.74. The Morgan fingerprint density at radius 1 is 1.10 bits per heavy atom. The van der Waals surface area contributed by atoms with E-state index in [2.05, 4.69) is 30.1 Å². The molecule has 0 radical (unpaired) electrons. The fourth-order valence-corrected chi connectivity index (χ4v) is 3.03. The maximum Gasteiger partial charge on any atom is 0.422 e. The Bertz CT molecular complexity index is 807. The highest BCUT2D eigenvalue weighted by Crippen LogP contribution is 2.22. The minimum absolute atomic E-state index is 0.207. The van der Waals surface area contributed by atoms with Crippen LogP contribution in [0.1, 0.15) is 5.56 Å². The second-order valence-corrected chi connectivity index (χ2v) is 6.44. The minimum Gasteiger partial charge on any atom is -0.484 e. The lowest BCUT2D eigenvalue weighted by Crippen LogP contribution is -2.52. The normalized spacial score (nSPS) is 15.4. The second kappa shape index (κ2) is 9.44. The zero-order valence-corrected chi connectivity index (χ0v) is 16.1. The number of benzene rings is 1. The fraction of sp³-hybridized carbons (Fsp3) is 0.421. The van der Waals surface area contributed by atoms with Gasteiger partial charge in [0.25, 0.3) is 0 Å². The molecule has 0 atom stereocenters. The largest absolute Gasteiger partial charge is 0.484 e. The van der Waals surface area contributed by atoms with Crippen molar-refractivity contribution in [3.05, 3.63) is 48.3 Å². The van der Waals surface area contributed by atoms with E-state index in [0.29, 0.717) is 24.0 Å². The van der Waals surface area contributed by atoms with Crippen LogP contribution in [-0.2, 0) is 6.54 Å². The molecular formula is C19H23F3N6O. The van der Waals surface area contributed by atoms with E-state index in [1.807, 2.05) is 0 Å². The van der Waals surface area contributed by atoms with Gasteiger partial charge in [0.15, 0.2) is 12.6 Å². The molecule has 2 heterocycles. The number of hydrogen-bond donors (Lipinski definition) is 1. The Hall–Kier alpha value is -3.04. The third-order valence-corrected chi connectivity index (χ3v) is 4.43. The van der Waals surface area contributed by atoms with Crippen molar-refractivity contribution < 1.29 is 17.9 Å². The number of guanidine groups is 1. The molecule has 29 heavy (non-hydrogen) atoms. The molecule has 156 valence electrons. The van der Waals surface area contributed by atoms with Crippen molar-refractivity contribution in [2.45, 2.75) is 12.7 Å². The molecule has 1 aliphatic heterocycles. The third kappa shape index (κ3) is 5.97. The summed E-state index contributed by atoms with van der Waals surface area (Å²) in [5.41, 5.74) is 0.634. The summed E-state index contributed by atoms with van der Waals surface area (Å²) in [7, 11) is 1.68. The first-order valence-electron chi connectivity index (χ1n) is 9.21. The van der Waals surface area contributed by atoms with E-state index < -0.39 is 12.8 Å². The lowest BCUT2D eigenvalue weighted by molar-refractivity contribution is -0.153. The summed E-state index contributed by atoms with van der Waals surface area (Å²) in [4.78, 5) is 17.0. The summed E-state index contributed by atoms with van der Waals surface area (Å²) in [6, 6.07) is 8.45. The van der Waals surface area contributed by atoms with Crippen molar-refractivity contribution in [3.63, 3.8) is 0 Å². The van der Waals surface area contributed by atoms with Gasteiger partial charge < -0.3 is 19.9 Å². The molecule has 7 nitrogen and oxygen atoms in total. The summed E-state index contributed by atoms with van der Waals surface area (Å²) in [6.07, 6.45) is -0.945. The zero-order chi connectivity index (χ0) is 20.7. The van der Waals surface area contributed by atoms with Gasteiger partial charge in [-0.05, 0) is 12.1 Å². The lowest BCUT2D eigenvalue weighted by Gasteiger charge is -2.36. The molecule has 3 rings (SSSR count). The molecule has 0 spiro atoms. The fourth-order valence-electron chi connectivity index (χ4n) is 3.03. The van der Waals surface area contributed by atoms with Crippen LogP contribution in [0.25, 0.3) is 0 Å². The van der Waals surface area contributed by atoms with Gasteiger partial charge in [0.2, 0.25) is 5.95 Å². The van der Waals surface area contributed by atoms with Crippen molar-refractivity contribution in [1.29, 1.82) is 0 Å². The highest BCUT2D eigenvalue weighted by atomic mass is 19.4. The van der Waals surface area contributed by atoms with E-state index in [0.717, 1.165) is 26.2 Å². The summed E-state index contributed by atoms with van der Waals surface area (Å²) >= 11 is 0. The van der Waals surface area contributed by atoms with E-state index in [9.17, 15) is 13.2 Å². The van der Waals surface area contributed by atoms with Crippen LogP contribution in [0.2, 0.25) is 0 Å². The minimum atomic E-state index is -4.38. The van der Waals surface area contributed by atoms with Gasteiger partial charge in [-0.3, -0.25) is 4.99 Å². The smallest absolute Gasteiger partial charge is 0.422 e. The third-order valence-electron chi connectivity index (χ3n) is 4.43. The highest BCUT2D eigenvalue weighted by Gasteiger charge is 2.29. The molecular weight excluding hydrogens is 385 g/mol. The molecule has 1 saturated heterocycles. The van der Waals surface area contributed by atoms with E-state index in [-0.39, 0.29) is 5.75 Å². The topological polar surface area (TPSA) is 65.9 Å². The van der Waals surface area contributed by atoms with Crippen molar-refractivity contribution in [3.8, 4) is 5.75 Å². The Labute approximate surface area is 167 Å². The number of anilines is 1. The SMILES string of the molecule is CN=C(NCc1ccccc1OCC(F)(F)F)N1CCN(c2ncccn2)CC1. The van der Waals surface area contributed by atoms with Crippen LogP contribution in [0.4, 0.5) is 19.1 Å². The maximum absolute atomic E-state index is 12.5. The van der Waals surface area contributed by atoms with Crippen LogP contribution in [0.15, 0.2) is 47.7 Å². The number of alkyl halides is 3. The van der Waals surface area contributed by atoms with Gasteiger partial charge in [0.05, 0.1) is 0 Å². The number of rotatable bonds is 5. The number of nitrogens with zero attached hydrogens (tertiary/aromatic N) is 5. The van der Waals surface area contributed by atoms with Gasteiger partial charge in [-0.25, -0.2) is 9.97 Å². The zero-order valence-electron chi connectivity index (χ0n) is 16.1. The summed E-state index contributed by atoms with van der Waals surface area (Å²) < 4.78 is 42.3. The number of piperazine rings is 1. The monoisotopic (exact) mass is 408 g/mol. The first-order valence-corrected chi connectivity index (χ1v) is 9.21. The van der Waals surface area contributed by atoms with E-state index >= 15 is 0 Å². The molecule has 0 saturated carbocycles. The van der Waals surface area contributed by atoms with Crippen LogP contribution in [0.3, 0.4) is 0 Å². The lowest BCUT2D eigenvalue weighted by atomic mass is 10.2. The predicted octanol–water partition coefficient (Wildman–Crippen LogP) is 2.32. The Balaban J connectivity index is 1.55. The number of aliphatic imine (C=N–C) groups is 1. The number of ether oxygens (including phenoxy) is 1. The van der Waals surface area contributed by atoms with Gasteiger partial charge in [0.1, 0.15) is 5.75 Å². The van der Waals surface area contributed by atoms with Crippen molar-refractivity contribution in [2.24, 2.45) is 4.99 Å². The molecule has 1 fully saturated rings. The van der Waals surface area contributed by atoms with Crippen molar-refractivity contribution in [1.82, 2.24) is 20.2 Å². The second-order valence-electron chi connectivity index (χ2n) is 6.44. The number of para-hydroxylation sites is 1. The van der Waals surface area contributed by atoms with Crippen LogP contribution in [0.5, 0.6) is 5.75 Å². The van der Waals surface area contributed by atoms with E-state index in [4.69, 9.17) is 4.74 Å². The van der Waals surface area contributed by atoms with Gasteiger partial charge in [-0.1, -0.05) is 18.2 Å². The average molecular weight is 408 g/mol. The highest BCUT2D eigenvalue weighted by molar-refractivity contribution is 5.80. The molecule has 0 aliphatic carbocycles. The first-order chi connectivity index (χ1) is 14.0. The Morgan fingerprint density at radius 3 is 2.45 bits per heavy atom. The van der Waals surface area contributed by atoms with Gasteiger partial charge in [-0.2, -0.15) is 13.2 Å². The molecule has 0 amide bonds. The summed E-state index contributed by atoms with van der Waals surface area (Å²) in [5.74, 6) is 1.59. The van der Waals surface area contributed by atoms with Crippen molar-refractivity contribution in [2.75, 3.05) is 44.7 Å². The van der Waals surface area contributed by atoms with Crippen LogP contribution < -0.4 is 15.0 Å². The quantitative estimate of drug-likeness (QED) is 0.605. The molecule has 1 aromatic carbocycles. The van der Waals surface area contributed by atoms with Crippen molar-refractivity contribution >= 4 is 11.9 Å². The van der Waals surface area contributed by atoms with Gasteiger partial charge in [-0.15, -0.1) is 0 Å². The summed E-state index contributed by atoms with van der Waals surface area (Å²) in [5, 5.41) is 3.21. The Morgan fingerprint density at radius 2 is 1.79 bits per heavy atom. The predicted molar refractivity (Wildman–Crippen MR) is 104 cm³/mol. The summed E-state index contributed by atoms with van der Waals surface area (Å²) in [6.45, 7) is 1.94. The van der Waals surface area contributed by atoms with E-state index in [1.54, 1.807) is 43.7 Å². The van der Waals surface area contributed by atoms with Gasteiger partial charge >= 0.3 is 6.18 Å². The number of hydrogen-bond acceptors (Lipinski definition) is 5. The molecule has 1 aliphatic rings. The number of nitrogens with one attached hydrogen (secondary N) is 1. The number of halogens is 3. The molecule has 2 aromatic rings. The molecule has 0 bridgehead atoms.